The van der Waals surface area contributed by atoms with Gasteiger partial charge in [0.15, 0.2) is 0 Å². The van der Waals surface area contributed by atoms with Gasteiger partial charge in [0.1, 0.15) is 18.1 Å². The molecule has 0 fully saturated rings. The Morgan fingerprint density at radius 1 is 1.10 bits per heavy atom. The van der Waals surface area contributed by atoms with E-state index < -0.39 is 0 Å². The molecule has 5 heteroatoms. The van der Waals surface area contributed by atoms with E-state index in [4.69, 9.17) is 14.2 Å². The molecule has 0 amide bonds. The maximum absolute atomic E-state index is 12.0. The number of halogens is 1. The summed E-state index contributed by atoms with van der Waals surface area (Å²) in [6.07, 6.45) is 0. The lowest BCUT2D eigenvalue weighted by atomic mass is 10.2. The van der Waals surface area contributed by atoms with Crippen LogP contribution in [0, 0.1) is 0 Å². The molecule has 4 nitrogen and oxygen atoms in total. The Kier molecular flexibility index (Phi) is 5.22. The average molecular weight is 351 g/mol. The summed E-state index contributed by atoms with van der Waals surface area (Å²) in [5.74, 6) is 0.948. The molecule has 0 N–H and O–H groups in total. The van der Waals surface area contributed by atoms with Gasteiger partial charge in [0.2, 0.25) is 0 Å². The van der Waals surface area contributed by atoms with Crippen LogP contribution in [0.15, 0.2) is 46.9 Å². The van der Waals surface area contributed by atoms with Crippen molar-refractivity contribution in [1.82, 2.24) is 0 Å². The average Bonchev–Trinajstić information content (AvgIpc) is 2.52. The predicted octanol–water partition coefficient (Wildman–Crippen LogP) is 3.82. The molecule has 2 aromatic rings. The van der Waals surface area contributed by atoms with Gasteiger partial charge in [-0.15, -0.1) is 0 Å². The highest BCUT2D eigenvalue weighted by atomic mass is 79.9. The first kappa shape index (κ1) is 15.4. The third-order valence-corrected chi connectivity index (χ3v) is 3.40. The van der Waals surface area contributed by atoms with Crippen molar-refractivity contribution < 1.29 is 19.0 Å². The molecule has 2 aromatic carbocycles. The summed E-state index contributed by atoms with van der Waals surface area (Å²) in [4.78, 5) is 12.0. The zero-order valence-electron chi connectivity index (χ0n) is 11.8. The van der Waals surface area contributed by atoms with Crippen LogP contribution < -0.4 is 9.47 Å². The molecule has 21 heavy (non-hydrogen) atoms. The standard InChI is InChI=1S/C16H15BrO4/c1-19-14-6-7-15(20-2)12(9-14)10-21-16(18)11-4-3-5-13(17)8-11/h3-9H,10H2,1-2H3. The van der Waals surface area contributed by atoms with E-state index in [0.717, 1.165) is 10.0 Å². The van der Waals surface area contributed by atoms with E-state index >= 15 is 0 Å². The lowest BCUT2D eigenvalue weighted by Crippen LogP contribution is -2.06. The minimum absolute atomic E-state index is 0.117. The SMILES string of the molecule is COc1ccc(OC)c(COC(=O)c2cccc(Br)c2)c1. The van der Waals surface area contributed by atoms with Gasteiger partial charge in [-0.1, -0.05) is 22.0 Å². The van der Waals surface area contributed by atoms with Crippen molar-refractivity contribution in [1.29, 1.82) is 0 Å². The number of methoxy groups -OCH3 is 2. The highest BCUT2D eigenvalue weighted by Gasteiger charge is 2.11. The molecule has 2 rings (SSSR count). The molecule has 0 spiro atoms. The third kappa shape index (κ3) is 3.98. The normalized spacial score (nSPS) is 10.0. The number of carbonyl (C=O) groups is 1. The Balaban J connectivity index is 2.10. The van der Waals surface area contributed by atoms with Gasteiger partial charge < -0.3 is 14.2 Å². The van der Waals surface area contributed by atoms with Crippen LogP contribution in [0.2, 0.25) is 0 Å². The zero-order chi connectivity index (χ0) is 15.2. The fourth-order valence-electron chi connectivity index (χ4n) is 1.84. The van der Waals surface area contributed by atoms with Crippen molar-refractivity contribution in [3.8, 4) is 11.5 Å². The van der Waals surface area contributed by atoms with Crippen LogP contribution in [0.25, 0.3) is 0 Å². The maximum atomic E-state index is 12.0. The Morgan fingerprint density at radius 3 is 2.57 bits per heavy atom. The predicted molar refractivity (Wildman–Crippen MR) is 82.8 cm³/mol. The molecule has 0 aromatic heterocycles. The van der Waals surface area contributed by atoms with Gasteiger partial charge in [-0.3, -0.25) is 0 Å². The fraction of sp³-hybridized carbons (Fsp3) is 0.188. The quantitative estimate of drug-likeness (QED) is 0.769. The van der Waals surface area contributed by atoms with Crippen molar-refractivity contribution >= 4 is 21.9 Å². The van der Waals surface area contributed by atoms with E-state index in [1.807, 2.05) is 6.07 Å². The molecule has 0 aliphatic heterocycles. The van der Waals surface area contributed by atoms with Gasteiger partial charge in [0.25, 0.3) is 0 Å². The monoisotopic (exact) mass is 350 g/mol. The van der Waals surface area contributed by atoms with Gasteiger partial charge >= 0.3 is 5.97 Å². The summed E-state index contributed by atoms with van der Waals surface area (Å²) in [6.45, 7) is 0.117. The molecule has 0 aliphatic rings. The molecule has 0 unspecified atom stereocenters. The van der Waals surface area contributed by atoms with Crippen LogP contribution in [0.1, 0.15) is 15.9 Å². The minimum Gasteiger partial charge on any atom is -0.497 e. The van der Waals surface area contributed by atoms with E-state index in [1.165, 1.54) is 0 Å². The molecule has 0 heterocycles. The van der Waals surface area contributed by atoms with Crippen LogP contribution >= 0.6 is 15.9 Å². The maximum Gasteiger partial charge on any atom is 0.338 e. The molecule has 110 valence electrons. The largest absolute Gasteiger partial charge is 0.497 e. The number of hydrogen-bond donors (Lipinski definition) is 0. The topological polar surface area (TPSA) is 44.8 Å². The van der Waals surface area contributed by atoms with E-state index in [0.29, 0.717) is 17.1 Å². The molecular weight excluding hydrogens is 336 g/mol. The van der Waals surface area contributed by atoms with Crippen molar-refractivity contribution in [3.05, 3.63) is 58.1 Å². The highest BCUT2D eigenvalue weighted by Crippen LogP contribution is 2.25. The van der Waals surface area contributed by atoms with Crippen molar-refractivity contribution in [2.45, 2.75) is 6.61 Å². The van der Waals surface area contributed by atoms with Crippen molar-refractivity contribution in [2.75, 3.05) is 14.2 Å². The molecule has 0 atom stereocenters. The van der Waals surface area contributed by atoms with E-state index in [-0.39, 0.29) is 12.6 Å². The molecule has 0 radical (unpaired) electrons. The zero-order valence-corrected chi connectivity index (χ0v) is 13.3. The third-order valence-electron chi connectivity index (χ3n) is 2.91. The van der Waals surface area contributed by atoms with Gasteiger partial charge in [-0.05, 0) is 36.4 Å². The first-order valence-corrected chi connectivity index (χ1v) is 7.07. The van der Waals surface area contributed by atoms with Gasteiger partial charge in [0, 0.05) is 10.0 Å². The summed E-state index contributed by atoms with van der Waals surface area (Å²) < 4.78 is 16.6. The molecule has 0 saturated carbocycles. The summed E-state index contributed by atoms with van der Waals surface area (Å²) in [7, 11) is 3.15. The Labute approximate surface area is 131 Å². The van der Waals surface area contributed by atoms with Crippen LogP contribution in [0.5, 0.6) is 11.5 Å². The minimum atomic E-state index is -0.388. The van der Waals surface area contributed by atoms with Crippen molar-refractivity contribution in [3.63, 3.8) is 0 Å². The number of benzene rings is 2. The summed E-state index contributed by atoms with van der Waals surface area (Å²) >= 11 is 3.32. The summed E-state index contributed by atoms with van der Waals surface area (Å²) in [5.41, 5.74) is 1.24. The Bertz CT molecular complexity index is 640. The highest BCUT2D eigenvalue weighted by molar-refractivity contribution is 9.10. The van der Waals surface area contributed by atoms with Gasteiger partial charge in [-0.25, -0.2) is 4.79 Å². The first-order chi connectivity index (χ1) is 10.1. The molecule has 0 aliphatic carbocycles. The molecule has 0 saturated heterocycles. The Hall–Kier alpha value is -2.01. The number of ether oxygens (including phenoxy) is 3. The van der Waals surface area contributed by atoms with E-state index in [2.05, 4.69) is 15.9 Å². The molecular formula is C16H15BrO4. The van der Waals surface area contributed by atoms with Crippen molar-refractivity contribution in [2.24, 2.45) is 0 Å². The lowest BCUT2D eigenvalue weighted by molar-refractivity contribution is 0.0470. The second-order valence-corrected chi connectivity index (χ2v) is 5.18. The smallest absolute Gasteiger partial charge is 0.338 e. The van der Waals surface area contributed by atoms with Crippen LogP contribution in [0.4, 0.5) is 0 Å². The van der Waals surface area contributed by atoms with Crippen LogP contribution in [-0.4, -0.2) is 20.2 Å². The fourth-order valence-corrected chi connectivity index (χ4v) is 2.24. The second-order valence-electron chi connectivity index (χ2n) is 4.26. The van der Waals surface area contributed by atoms with E-state index in [9.17, 15) is 4.79 Å². The van der Waals surface area contributed by atoms with Gasteiger partial charge in [-0.2, -0.15) is 0 Å². The first-order valence-electron chi connectivity index (χ1n) is 6.27. The number of rotatable bonds is 5. The summed E-state index contributed by atoms with van der Waals surface area (Å²) in [6, 6.07) is 12.4. The summed E-state index contributed by atoms with van der Waals surface area (Å²) in [5, 5.41) is 0. The number of carbonyl (C=O) groups excluding carboxylic acids is 1. The number of esters is 1. The number of hydrogen-bond acceptors (Lipinski definition) is 4. The molecule has 0 bridgehead atoms. The lowest BCUT2D eigenvalue weighted by Gasteiger charge is -2.11. The van der Waals surface area contributed by atoms with E-state index in [1.54, 1.807) is 50.6 Å². The Morgan fingerprint density at radius 2 is 1.90 bits per heavy atom. The van der Waals surface area contributed by atoms with Gasteiger partial charge in [0.05, 0.1) is 19.8 Å². The second kappa shape index (κ2) is 7.13. The van der Waals surface area contributed by atoms with Crippen LogP contribution in [-0.2, 0) is 11.3 Å². The van der Waals surface area contributed by atoms with Crippen LogP contribution in [0.3, 0.4) is 0 Å².